The lowest BCUT2D eigenvalue weighted by molar-refractivity contribution is 0.569. The molecule has 0 fully saturated rings. The molecule has 5 N–H and O–H groups in total. The predicted octanol–water partition coefficient (Wildman–Crippen LogP) is 3.26. The van der Waals surface area contributed by atoms with Crippen molar-refractivity contribution in [3.63, 3.8) is 0 Å². The van der Waals surface area contributed by atoms with E-state index in [1.165, 1.54) is 0 Å². The molecule has 5 nitrogen and oxygen atoms in total. The van der Waals surface area contributed by atoms with Gasteiger partial charge in [0.1, 0.15) is 0 Å². The highest BCUT2D eigenvalue weighted by Gasteiger charge is 2.12. The molecular weight excluding hydrogens is 341 g/mol. The van der Waals surface area contributed by atoms with Crippen LogP contribution in [0.5, 0.6) is 0 Å². The quantitative estimate of drug-likeness (QED) is 0.509. The number of hydrogen-bond acceptors (Lipinski definition) is 4. The van der Waals surface area contributed by atoms with Crippen LogP contribution in [0.2, 0.25) is 5.02 Å². The Morgan fingerprint density at radius 1 is 1.36 bits per heavy atom. The average Bonchev–Trinajstić information content (AvgIpc) is 3.00. The van der Waals surface area contributed by atoms with Crippen LogP contribution in [-0.2, 0) is 13.1 Å². The Morgan fingerprint density at radius 2 is 2.16 bits per heavy atom. The maximum absolute atomic E-state index is 13.9. The molecule has 0 unspecified atom stereocenters. The molecule has 3 aromatic rings. The Hall–Kier alpha value is -2.57. The molecule has 130 valence electrons. The zero-order chi connectivity index (χ0) is 18.0. The lowest BCUT2D eigenvalue weighted by atomic mass is 10.1. The fourth-order valence-electron chi connectivity index (χ4n) is 2.56. The van der Waals surface area contributed by atoms with Crippen LogP contribution in [0, 0.1) is 5.95 Å². The van der Waals surface area contributed by atoms with Crippen molar-refractivity contribution in [2.75, 3.05) is 7.05 Å². The molecule has 2 aromatic heterocycles. The number of pyridine rings is 1. The standard InChI is InChI=1S/C18H19ClFN5/c1-10(22-2)23-9-13-5-12-6-15(19)14(7-17(12)24-13)16-4-3-11(8-21)18(20)25-16/h3-7,22-24H,1,8-9,21H2,2H3. The fraction of sp³-hybridized carbons (Fsp3) is 0.167. The van der Waals surface area contributed by atoms with Crippen LogP contribution >= 0.6 is 11.6 Å². The largest absolute Gasteiger partial charge is 0.375 e. The van der Waals surface area contributed by atoms with Crippen LogP contribution in [0.4, 0.5) is 4.39 Å². The van der Waals surface area contributed by atoms with E-state index in [1.807, 2.05) is 18.2 Å². The Labute approximate surface area is 150 Å². The predicted molar refractivity (Wildman–Crippen MR) is 99.4 cm³/mol. The number of hydrogen-bond donors (Lipinski definition) is 4. The number of aromatic nitrogens is 2. The molecule has 0 amide bonds. The number of fused-ring (bicyclic) bond motifs is 1. The van der Waals surface area contributed by atoms with E-state index in [2.05, 4.69) is 27.2 Å². The average molecular weight is 360 g/mol. The molecule has 0 aliphatic rings. The number of benzene rings is 1. The van der Waals surface area contributed by atoms with Gasteiger partial charge in [0.25, 0.3) is 0 Å². The fourth-order valence-corrected chi connectivity index (χ4v) is 2.83. The molecule has 0 radical (unpaired) electrons. The van der Waals surface area contributed by atoms with Gasteiger partial charge in [0.2, 0.25) is 5.95 Å². The smallest absolute Gasteiger partial charge is 0.217 e. The van der Waals surface area contributed by atoms with Crippen LogP contribution in [0.25, 0.3) is 22.2 Å². The molecule has 1 aromatic carbocycles. The molecule has 25 heavy (non-hydrogen) atoms. The normalized spacial score (nSPS) is 10.9. The minimum absolute atomic E-state index is 0.108. The van der Waals surface area contributed by atoms with Gasteiger partial charge in [0.05, 0.1) is 23.1 Å². The van der Waals surface area contributed by atoms with E-state index < -0.39 is 5.95 Å². The third kappa shape index (κ3) is 3.60. The topological polar surface area (TPSA) is 78.8 Å². The number of nitrogens with one attached hydrogen (secondary N) is 3. The Balaban J connectivity index is 1.95. The van der Waals surface area contributed by atoms with E-state index in [0.717, 1.165) is 22.4 Å². The second-order valence-corrected chi connectivity index (χ2v) is 6.05. The van der Waals surface area contributed by atoms with Gasteiger partial charge in [-0.2, -0.15) is 4.39 Å². The molecule has 0 spiro atoms. The van der Waals surface area contributed by atoms with E-state index in [4.69, 9.17) is 17.3 Å². The van der Waals surface area contributed by atoms with Crippen LogP contribution in [0.1, 0.15) is 11.3 Å². The van der Waals surface area contributed by atoms with Gasteiger partial charge in [-0.25, -0.2) is 4.98 Å². The molecule has 0 bridgehead atoms. The lowest BCUT2D eigenvalue weighted by Crippen LogP contribution is -2.21. The van der Waals surface area contributed by atoms with Gasteiger partial charge in [0.15, 0.2) is 0 Å². The third-order valence-electron chi connectivity index (χ3n) is 3.98. The van der Waals surface area contributed by atoms with Crippen molar-refractivity contribution in [1.29, 1.82) is 0 Å². The summed E-state index contributed by atoms with van der Waals surface area (Å²) < 4.78 is 13.9. The van der Waals surface area contributed by atoms with Crippen LogP contribution < -0.4 is 16.4 Å². The number of aromatic amines is 1. The van der Waals surface area contributed by atoms with Crippen molar-refractivity contribution >= 4 is 22.5 Å². The Kier molecular flexibility index (Phi) is 4.92. The van der Waals surface area contributed by atoms with Crippen LogP contribution in [0.15, 0.2) is 42.7 Å². The van der Waals surface area contributed by atoms with Gasteiger partial charge in [-0.05, 0) is 24.3 Å². The first kappa shape index (κ1) is 17.3. The molecule has 0 atom stereocenters. The summed E-state index contributed by atoms with van der Waals surface area (Å²) in [7, 11) is 1.80. The second kappa shape index (κ2) is 7.13. The van der Waals surface area contributed by atoms with E-state index in [0.29, 0.717) is 28.4 Å². The first-order valence-corrected chi connectivity index (χ1v) is 8.17. The summed E-state index contributed by atoms with van der Waals surface area (Å²) in [6.07, 6.45) is 0. The SMILES string of the molecule is C=C(NC)NCc1cc2cc(Cl)c(-c3ccc(CN)c(F)n3)cc2[nH]1. The molecule has 0 saturated heterocycles. The second-order valence-electron chi connectivity index (χ2n) is 5.65. The van der Waals surface area contributed by atoms with E-state index in [1.54, 1.807) is 19.2 Å². The van der Waals surface area contributed by atoms with Crippen molar-refractivity contribution in [1.82, 2.24) is 20.6 Å². The minimum Gasteiger partial charge on any atom is -0.375 e. The summed E-state index contributed by atoms with van der Waals surface area (Å²) in [5.74, 6) is 0.162. The number of halogens is 2. The molecule has 0 aliphatic carbocycles. The molecule has 0 saturated carbocycles. The van der Waals surface area contributed by atoms with E-state index in [9.17, 15) is 4.39 Å². The van der Waals surface area contributed by atoms with Gasteiger partial charge in [-0.3, -0.25) is 0 Å². The van der Waals surface area contributed by atoms with Crippen LogP contribution in [-0.4, -0.2) is 17.0 Å². The van der Waals surface area contributed by atoms with Crippen molar-refractivity contribution in [2.45, 2.75) is 13.1 Å². The summed E-state index contributed by atoms with van der Waals surface area (Å²) in [5.41, 5.74) is 8.87. The lowest BCUT2D eigenvalue weighted by Gasteiger charge is -2.07. The molecule has 0 aliphatic heterocycles. The number of nitrogens with two attached hydrogens (primary N) is 1. The van der Waals surface area contributed by atoms with Gasteiger partial charge >= 0.3 is 0 Å². The first-order valence-electron chi connectivity index (χ1n) is 7.79. The van der Waals surface area contributed by atoms with Crippen LogP contribution in [0.3, 0.4) is 0 Å². The summed E-state index contributed by atoms with van der Waals surface area (Å²) >= 11 is 6.38. The zero-order valence-corrected chi connectivity index (χ0v) is 14.5. The molecular formula is C18H19ClFN5. The van der Waals surface area contributed by atoms with E-state index in [-0.39, 0.29) is 6.54 Å². The Morgan fingerprint density at radius 3 is 2.84 bits per heavy atom. The summed E-state index contributed by atoms with van der Waals surface area (Å²) in [6.45, 7) is 4.53. The molecule has 3 rings (SSSR count). The highest BCUT2D eigenvalue weighted by molar-refractivity contribution is 6.34. The summed E-state index contributed by atoms with van der Waals surface area (Å²) in [6, 6.07) is 9.08. The third-order valence-corrected chi connectivity index (χ3v) is 4.29. The van der Waals surface area contributed by atoms with E-state index >= 15 is 0 Å². The van der Waals surface area contributed by atoms with Crippen molar-refractivity contribution in [3.8, 4) is 11.3 Å². The van der Waals surface area contributed by atoms with Gasteiger partial charge in [0, 0.05) is 41.3 Å². The molecule has 7 heteroatoms. The van der Waals surface area contributed by atoms with Gasteiger partial charge in [-0.15, -0.1) is 0 Å². The number of rotatable bonds is 6. The zero-order valence-electron chi connectivity index (χ0n) is 13.8. The Bertz CT molecular complexity index is 935. The summed E-state index contributed by atoms with van der Waals surface area (Å²) in [5, 5.41) is 7.56. The van der Waals surface area contributed by atoms with Crippen molar-refractivity contribution in [2.24, 2.45) is 5.73 Å². The monoisotopic (exact) mass is 359 g/mol. The van der Waals surface area contributed by atoms with Gasteiger partial charge in [-0.1, -0.05) is 24.2 Å². The maximum Gasteiger partial charge on any atom is 0.217 e. The molecule has 2 heterocycles. The summed E-state index contributed by atoms with van der Waals surface area (Å²) in [4.78, 5) is 7.30. The van der Waals surface area contributed by atoms with Gasteiger partial charge < -0.3 is 21.4 Å². The number of H-pyrrole nitrogens is 1. The van der Waals surface area contributed by atoms with Crippen molar-refractivity contribution < 1.29 is 4.39 Å². The number of nitrogens with zero attached hydrogens (tertiary/aromatic N) is 1. The highest BCUT2D eigenvalue weighted by Crippen LogP contribution is 2.32. The van der Waals surface area contributed by atoms with Crippen molar-refractivity contribution in [3.05, 3.63) is 65.0 Å². The highest BCUT2D eigenvalue weighted by atomic mass is 35.5. The first-order chi connectivity index (χ1) is 12.0. The maximum atomic E-state index is 13.9. The minimum atomic E-state index is -0.571.